The standard InChI is InChI=1S/C40H76O9/c1-7-12-15-17-19-20-22-25-32(29-34(41)42)40(11-5,27-10-4)49-35(43)30-33(26-23-21-18-16-13-8-2)48-39-37(45)38(36(44)31(6)47-39)46-28-24-14-9-3/h31-33,36-39,44-45H,7-30H2,1-6H3,(H,41,42). The number of carbonyl (C=O) groups is 2. The van der Waals surface area contributed by atoms with Crippen molar-refractivity contribution in [1.82, 2.24) is 0 Å². The second-order valence-corrected chi connectivity index (χ2v) is 14.6. The SMILES string of the molecule is CCCCCCCCCC(CC(=O)O)C(CC)(CCC)OC(=O)CC(CCCCCCCC)OC1OC(C)C(O)C(OCCCCC)C1O. The fourth-order valence-electron chi connectivity index (χ4n) is 7.30. The summed E-state index contributed by atoms with van der Waals surface area (Å²) in [4.78, 5) is 25.9. The van der Waals surface area contributed by atoms with Gasteiger partial charge in [0.25, 0.3) is 0 Å². The number of aliphatic carboxylic acids is 1. The number of hydrogen-bond acceptors (Lipinski definition) is 8. The Hall–Kier alpha value is -1.26. The summed E-state index contributed by atoms with van der Waals surface area (Å²) in [5, 5.41) is 31.9. The van der Waals surface area contributed by atoms with Crippen LogP contribution in [0.4, 0.5) is 0 Å². The Morgan fingerprint density at radius 3 is 1.82 bits per heavy atom. The lowest BCUT2D eigenvalue weighted by molar-refractivity contribution is -0.311. The first-order valence-electron chi connectivity index (χ1n) is 20.3. The van der Waals surface area contributed by atoms with Gasteiger partial charge in [0.1, 0.15) is 23.9 Å². The van der Waals surface area contributed by atoms with Crippen molar-refractivity contribution in [2.45, 2.75) is 232 Å². The minimum Gasteiger partial charge on any atom is -0.481 e. The zero-order valence-corrected chi connectivity index (χ0v) is 32.3. The molecule has 0 aliphatic carbocycles. The van der Waals surface area contributed by atoms with Gasteiger partial charge in [-0.1, -0.05) is 137 Å². The molecule has 1 aliphatic rings. The van der Waals surface area contributed by atoms with Gasteiger partial charge in [0.2, 0.25) is 0 Å². The molecule has 0 radical (unpaired) electrons. The molecule has 8 unspecified atom stereocenters. The fourth-order valence-corrected chi connectivity index (χ4v) is 7.30. The first-order chi connectivity index (χ1) is 23.6. The van der Waals surface area contributed by atoms with Crippen LogP contribution in [-0.4, -0.2) is 76.3 Å². The number of ether oxygens (including phenoxy) is 4. The number of aliphatic hydroxyl groups excluding tert-OH is 2. The van der Waals surface area contributed by atoms with Gasteiger partial charge in [0.15, 0.2) is 6.29 Å². The Balaban J connectivity index is 3.10. The molecule has 0 aromatic heterocycles. The van der Waals surface area contributed by atoms with Gasteiger partial charge in [-0.2, -0.15) is 0 Å². The zero-order chi connectivity index (χ0) is 36.5. The van der Waals surface area contributed by atoms with E-state index < -0.39 is 54.3 Å². The maximum Gasteiger partial charge on any atom is 0.308 e. The number of carbonyl (C=O) groups excluding carboxylic acids is 1. The lowest BCUT2D eigenvalue weighted by atomic mass is 9.76. The predicted octanol–water partition coefficient (Wildman–Crippen LogP) is 9.28. The monoisotopic (exact) mass is 701 g/mol. The van der Waals surface area contributed by atoms with Gasteiger partial charge < -0.3 is 34.3 Å². The van der Waals surface area contributed by atoms with Crippen molar-refractivity contribution in [3.63, 3.8) is 0 Å². The van der Waals surface area contributed by atoms with E-state index in [0.29, 0.717) is 32.3 Å². The summed E-state index contributed by atoms with van der Waals surface area (Å²) in [6, 6.07) is 0. The molecule has 1 aliphatic heterocycles. The van der Waals surface area contributed by atoms with Crippen molar-refractivity contribution in [1.29, 1.82) is 0 Å². The molecular formula is C40H76O9. The molecule has 49 heavy (non-hydrogen) atoms. The molecule has 1 saturated heterocycles. The zero-order valence-electron chi connectivity index (χ0n) is 32.3. The molecule has 0 aromatic carbocycles. The average Bonchev–Trinajstić information content (AvgIpc) is 3.06. The molecule has 0 spiro atoms. The summed E-state index contributed by atoms with van der Waals surface area (Å²) in [5.74, 6) is -1.55. The lowest BCUT2D eigenvalue weighted by Gasteiger charge is -2.42. The first kappa shape index (κ1) is 45.8. The maximum absolute atomic E-state index is 13.8. The average molecular weight is 701 g/mol. The second-order valence-electron chi connectivity index (χ2n) is 14.6. The van der Waals surface area contributed by atoms with Crippen molar-refractivity contribution in [3.05, 3.63) is 0 Å². The van der Waals surface area contributed by atoms with E-state index in [4.69, 9.17) is 18.9 Å². The molecular weight excluding hydrogens is 624 g/mol. The Morgan fingerprint density at radius 1 is 0.714 bits per heavy atom. The third kappa shape index (κ3) is 18.2. The minimum atomic E-state index is -1.22. The number of aliphatic hydroxyl groups is 2. The van der Waals surface area contributed by atoms with Crippen molar-refractivity contribution in [2.75, 3.05) is 6.61 Å². The molecule has 0 bridgehead atoms. The molecule has 8 atom stereocenters. The van der Waals surface area contributed by atoms with Crippen molar-refractivity contribution in [3.8, 4) is 0 Å². The highest BCUT2D eigenvalue weighted by Crippen LogP contribution is 2.38. The Bertz CT molecular complexity index is 839. The summed E-state index contributed by atoms with van der Waals surface area (Å²) < 4.78 is 24.7. The van der Waals surface area contributed by atoms with E-state index in [9.17, 15) is 24.9 Å². The number of carboxylic acid groups (broad SMARTS) is 1. The van der Waals surface area contributed by atoms with Crippen LogP contribution in [0.25, 0.3) is 0 Å². The Morgan fingerprint density at radius 2 is 1.27 bits per heavy atom. The molecule has 0 saturated carbocycles. The molecule has 3 N–H and O–H groups in total. The van der Waals surface area contributed by atoms with Crippen LogP contribution in [-0.2, 0) is 28.5 Å². The molecule has 1 rings (SSSR count). The molecule has 0 aromatic rings. The predicted molar refractivity (Wildman–Crippen MR) is 195 cm³/mol. The van der Waals surface area contributed by atoms with Crippen LogP contribution in [0.2, 0.25) is 0 Å². The van der Waals surface area contributed by atoms with E-state index in [1.165, 1.54) is 44.9 Å². The van der Waals surface area contributed by atoms with Crippen LogP contribution in [0, 0.1) is 5.92 Å². The molecule has 0 amide bonds. The number of esters is 1. The van der Waals surface area contributed by atoms with Gasteiger partial charge in [0.05, 0.1) is 25.0 Å². The number of unbranched alkanes of at least 4 members (excludes halogenated alkanes) is 13. The van der Waals surface area contributed by atoms with E-state index in [2.05, 4.69) is 20.8 Å². The van der Waals surface area contributed by atoms with Gasteiger partial charge in [-0.05, 0) is 39.0 Å². The summed E-state index contributed by atoms with van der Waals surface area (Å²) in [7, 11) is 0. The van der Waals surface area contributed by atoms with Crippen molar-refractivity contribution >= 4 is 11.9 Å². The van der Waals surface area contributed by atoms with E-state index >= 15 is 0 Å². The van der Waals surface area contributed by atoms with Gasteiger partial charge in [-0.25, -0.2) is 0 Å². The first-order valence-corrected chi connectivity index (χ1v) is 20.3. The van der Waals surface area contributed by atoms with E-state index in [-0.39, 0.29) is 18.8 Å². The van der Waals surface area contributed by atoms with Gasteiger partial charge in [-0.3, -0.25) is 9.59 Å². The van der Waals surface area contributed by atoms with E-state index in [1.807, 2.05) is 13.8 Å². The highest BCUT2D eigenvalue weighted by Gasteiger charge is 2.46. The molecule has 9 nitrogen and oxygen atoms in total. The third-order valence-electron chi connectivity index (χ3n) is 10.4. The van der Waals surface area contributed by atoms with Gasteiger partial charge in [-0.15, -0.1) is 0 Å². The Kier molecular flexibility index (Phi) is 25.6. The topological polar surface area (TPSA) is 132 Å². The normalized spacial score (nSPS) is 23.6. The summed E-state index contributed by atoms with van der Waals surface area (Å²) in [6.45, 7) is 12.7. The fraction of sp³-hybridized carbons (Fsp3) is 0.950. The summed E-state index contributed by atoms with van der Waals surface area (Å²) in [5.41, 5.74) is -0.867. The Labute approximate surface area is 299 Å². The van der Waals surface area contributed by atoms with Crippen LogP contribution >= 0.6 is 0 Å². The van der Waals surface area contributed by atoms with Crippen molar-refractivity contribution < 1.29 is 43.9 Å². The minimum absolute atomic E-state index is 0.0246. The van der Waals surface area contributed by atoms with Crippen LogP contribution in [0.15, 0.2) is 0 Å². The molecule has 1 heterocycles. The highest BCUT2D eigenvalue weighted by molar-refractivity contribution is 5.71. The number of carboxylic acids is 1. The van der Waals surface area contributed by atoms with Crippen LogP contribution in [0.3, 0.4) is 0 Å². The summed E-state index contributed by atoms with van der Waals surface area (Å²) >= 11 is 0. The van der Waals surface area contributed by atoms with Crippen molar-refractivity contribution in [2.24, 2.45) is 5.92 Å². The largest absolute Gasteiger partial charge is 0.481 e. The number of rotatable bonds is 31. The van der Waals surface area contributed by atoms with Gasteiger partial charge in [0, 0.05) is 12.5 Å². The van der Waals surface area contributed by atoms with Crippen LogP contribution in [0.1, 0.15) is 189 Å². The maximum atomic E-state index is 13.8. The number of hydrogen-bond donors (Lipinski definition) is 3. The molecule has 1 fully saturated rings. The van der Waals surface area contributed by atoms with E-state index in [0.717, 1.165) is 64.2 Å². The lowest BCUT2D eigenvalue weighted by Crippen LogP contribution is -2.59. The van der Waals surface area contributed by atoms with Gasteiger partial charge >= 0.3 is 11.9 Å². The van der Waals surface area contributed by atoms with E-state index in [1.54, 1.807) is 6.92 Å². The summed E-state index contributed by atoms with van der Waals surface area (Å²) in [6.07, 6.45) is 15.2. The molecule has 290 valence electrons. The highest BCUT2D eigenvalue weighted by atomic mass is 16.7. The second kappa shape index (κ2) is 27.4. The molecule has 9 heteroatoms. The third-order valence-corrected chi connectivity index (χ3v) is 10.4. The quantitative estimate of drug-likeness (QED) is 0.0478. The smallest absolute Gasteiger partial charge is 0.308 e. The van der Waals surface area contributed by atoms with Crippen LogP contribution in [0.5, 0.6) is 0 Å². The van der Waals surface area contributed by atoms with Crippen LogP contribution < -0.4 is 0 Å².